The topological polar surface area (TPSA) is 78.6 Å². The highest BCUT2D eigenvalue weighted by Crippen LogP contribution is 2.25. The van der Waals surface area contributed by atoms with Gasteiger partial charge >= 0.3 is 5.97 Å². The van der Waals surface area contributed by atoms with Crippen molar-refractivity contribution in [1.82, 2.24) is 0 Å². The average Bonchev–Trinajstić information content (AvgIpc) is 2.60. The van der Waals surface area contributed by atoms with Crippen LogP contribution in [0.5, 0.6) is 5.75 Å². The highest BCUT2D eigenvalue weighted by atomic mass is 16.5. The van der Waals surface area contributed by atoms with Crippen LogP contribution in [0.4, 0.5) is 0 Å². The molecular weight excluding hydrogens is 306 g/mol. The molecule has 2 aromatic rings. The van der Waals surface area contributed by atoms with Crippen molar-refractivity contribution in [3.8, 4) is 5.75 Å². The van der Waals surface area contributed by atoms with Crippen LogP contribution in [0.3, 0.4) is 0 Å². The lowest BCUT2D eigenvalue weighted by atomic mass is 10.0. The Morgan fingerprint density at radius 1 is 1.04 bits per heavy atom. The van der Waals surface area contributed by atoms with Gasteiger partial charge in [-0.15, -0.1) is 0 Å². The minimum atomic E-state index is -1.01. The first-order chi connectivity index (χ1) is 11.5. The molecule has 0 aliphatic carbocycles. The number of amides is 1. The zero-order valence-corrected chi connectivity index (χ0v) is 13.6. The second-order valence-corrected chi connectivity index (χ2v) is 5.12. The first kappa shape index (κ1) is 17.3. The van der Waals surface area contributed by atoms with Crippen molar-refractivity contribution in [2.45, 2.75) is 13.0 Å². The molecule has 0 aliphatic rings. The molecule has 2 rings (SSSR count). The lowest BCUT2D eigenvalue weighted by molar-refractivity contribution is -0.147. The third-order valence-electron chi connectivity index (χ3n) is 3.43. The number of carbonyl (C=O) groups excluding carboxylic acids is 2. The number of ether oxygens (including phenoxy) is 2. The number of benzene rings is 2. The van der Waals surface area contributed by atoms with Gasteiger partial charge in [-0.3, -0.25) is 4.79 Å². The van der Waals surface area contributed by atoms with Crippen molar-refractivity contribution in [2.75, 3.05) is 7.11 Å². The largest absolute Gasteiger partial charge is 0.496 e. The maximum absolute atomic E-state index is 12.5. The third kappa shape index (κ3) is 4.23. The second-order valence-electron chi connectivity index (χ2n) is 5.12. The quantitative estimate of drug-likeness (QED) is 0.503. The van der Waals surface area contributed by atoms with Gasteiger partial charge in [-0.2, -0.15) is 0 Å². The van der Waals surface area contributed by atoms with Crippen LogP contribution in [0.2, 0.25) is 0 Å². The number of primary amides is 1. The van der Waals surface area contributed by atoms with E-state index in [0.29, 0.717) is 16.9 Å². The molecule has 0 spiro atoms. The summed E-state index contributed by atoms with van der Waals surface area (Å²) < 4.78 is 10.5. The van der Waals surface area contributed by atoms with Crippen LogP contribution in [0.1, 0.15) is 18.1 Å². The molecule has 124 valence electrons. The molecule has 0 bridgehead atoms. The summed E-state index contributed by atoms with van der Waals surface area (Å²) in [5.41, 5.74) is 6.87. The van der Waals surface area contributed by atoms with E-state index < -0.39 is 18.0 Å². The molecule has 0 fully saturated rings. The summed E-state index contributed by atoms with van der Waals surface area (Å²) >= 11 is 0. The van der Waals surface area contributed by atoms with Crippen molar-refractivity contribution < 1.29 is 19.1 Å². The standard InChI is InChI=1S/C19H19NO4/c1-13(18(20)21)24-19(22)16(14-8-4-3-5-9-14)12-15-10-6-7-11-17(15)23-2/h3-13H,1-2H3,(H2,20,21)/b16-12+/t13-/m0/s1. The second kappa shape index (κ2) is 7.97. The van der Waals surface area contributed by atoms with Gasteiger partial charge in [0.2, 0.25) is 0 Å². The highest BCUT2D eigenvalue weighted by Gasteiger charge is 2.20. The Balaban J connectivity index is 2.45. The number of carbonyl (C=O) groups is 2. The zero-order chi connectivity index (χ0) is 17.5. The molecule has 0 radical (unpaired) electrons. The number of hydrogen-bond donors (Lipinski definition) is 1. The van der Waals surface area contributed by atoms with E-state index in [9.17, 15) is 9.59 Å². The van der Waals surface area contributed by atoms with Gasteiger partial charge in [0, 0.05) is 5.56 Å². The van der Waals surface area contributed by atoms with E-state index in [2.05, 4.69) is 0 Å². The van der Waals surface area contributed by atoms with Gasteiger partial charge in [0.25, 0.3) is 5.91 Å². The lowest BCUT2D eigenvalue weighted by Gasteiger charge is -2.13. The van der Waals surface area contributed by atoms with Crippen LogP contribution in [0, 0.1) is 0 Å². The van der Waals surface area contributed by atoms with Crippen LogP contribution < -0.4 is 10.5 Å². The minimum Gasteiger partial charge on any atom is -0.496 e. The molecule has 0 heterocycles. The number of nitrogens with two attached hydrogens (primary N) is 1. The Morgan fingerprint density at radius 2 is 1.67 bits per heavy atom. The fourth-order valence-electron chi connectivity index (χ4n) is 2.10. The van der Waals surface area contributed by atoms with E-state index in [1.54, 1.807) is 31.4 Å². The summed E-state index contributed by atoms with van der Waals surface area (Å²) in [5, 5.41) is 0. The van der Waals surface area contributed by atoms with Gasteiger partial charge < -0.3 is 15.2 Å². The van der Waals surface area contributed by atoms with E-state index in [1.165, 1.54) is 6.92 Å². The molecule has 1 amide bonds. The fraction of sp³-hybridized carbons (Fsp3) is 0.158. The van der Waals surface area contributed by atoms with Gasteiger partial charge in [-0.1, -0.05) is 48.5 Å². The predicted octanol–water partition coefficient (Wildman–Crippen LogP) is 2.65. The van der Waals surface area contributed by atoms with E-state index in [-0.39, 0.29) is 0 Å². The van der Waals surface area contributed by atoms with Crippen LogP contribution in [0.25, 0.3) is 11.6 Å². The van der Waals surface area contributed by atoms with Gasteiger partial charge in [0.15, 0.2) is 6.10 Å². The first-order valence-electron chi connectivity index (χ1n) is 7.43. The SMILES string of the molecule is COc1ccccc1/C=C(/C(=O)O[C@@H](C)C(N)=O)c1ccccc1. The third-order valence-corrected chi connectivity index (χ3v) is 3.43. The Kier molecular flexibility index (Phi) is 5.73. The van der Waals surface area contributed by atoms with Crippen molar-refractivity contribution in [1.29, 1.82) is 0 Å². The van der Waals surface area contributed by atoms with Crippen LogP contribution in [-0.4, -0.2) is 25.1 Å². The van der Waals surface area contributed by atoms with Crippen molar-refractivity contribution in [2.24, 2.45) is 5.73 Å². The maximum atomic E-state index is 12.5. The molecule has 5 nitrogen and oxygen atoms in total. The average molecular weight is 325 g/mol. The number of methoxy groups -OCH3 is 1. The molecular formula is C19H19NO4. The molecule has 0 unspecified atom stereocenters. The number of rotatable bonds is 6. The molecule has 5 heteroatoms. The molecule has 0 aromatic heterocycles. The fourth-order valence-corrected chi connectivity index (χ4v) is 2.10. The zero-order valence-electron chi connectivity index (χ0n) is 13.6. The minimum absolute atomic E-state index is 0.313. The molecule has 0 saturated carbocycles. The van der Waals surface area contributed by atoms with Gasteiger partial charge in [-0.05, 0) is 24.6 Å². The monoisotopic (exact) mass is 325 g/mol. The smallest absolute Gasteiger partial charge is 0.339 e. The Labute approximate surface area is 140 Å². The van der Waals surface area contributed by atoms with Crippen LogP contribution in [0.15, 0.2) is 54.6 Å². The summed E-state index contributed by atoms with van der Waals surface area (Å²) in [4.78, 5) is 23.7. The number of esters is 1. The highest BCUT2D eigenvalue weighted by molar-refractivity contribution is 6.22. The lowest BCUT2D eigenvalue weighted by Crippen LogP contribution is -2.30. The van der Waals surface area contributed by atoms with E-state index >= 15 is 0 Å². The molecule has 2 aromatic carbocycles. The van der Waals surface area contributed by atoms with E-state index in [0.717, 1.165) is 5.56 Å². The van der Waals surface area contributed by atoms with Crippen molar-refractivity contribution in [3.63, 3.8) is 0 Å². The summed E-state index contributed by atoms with van der Waals surface area (Å²) in [5.74, 6) is -0.701. The predicted molar refractivity (Wildman–Crippen MR) is 92.1 cm³/mol. The summed E-state index contributed by atoms with van der Waals surface area (Å²) in [6.45, 7) is 1.44. The van der Waals surface area contributed by atoms with Crippen molar-refractivity contribution in [3.05, 3.63) is 65.7 Å². The van der Waals surface area contributed by atoms with Crippen molar-refractivity contribution >= 4 is 23.5 Å². The number of para-hydroxylation sites is 1. The van der Waals surface area contributed by atoms with Gasteiger partial charge in [0.1, 0.15) is 5.75 Å². The summed E-state index contributed by atoms with van der Waals surface area (Å²) in [6.07, 6.45) is 0.659. The molecule has 0 saturated heterocycles. The summed E-state index contributed by atoms with van der Waals surface area (Å²) in [6, 6.07) is 16.4. The Hall–Kier alpha value is -3.08. The Morgan fingerprint density at radius 3 is 2.29 bits per heavy atom. The van der Waals surface area contributed by atoms with Gasteiger partial charge in [-0.25, -0.2) is 4.79 Å². The maximum Gasteiger partial charge on any atom is 0.339 e. The molecule has 0 aliphatic heterocycles. The Bertz CT molecular complexity index is 753. The van der Waals surface area contributed by atoms with E-state index in [1.807, 2.05) is 36.4 Å². The molecule has 24 heavy (non-hydrogen) atoms. The summed E-state index contributed by atoms with van der Waals surface area (Å²) in [7, 11) is 1.56. The van der Waals surface area contributed by atoms with E-state index in [4.69, 9.17) is 15.2 Å². The van der Waals surface area contributed by atoms with Crippen LogP contribution >= 0.6 is 0 Å². The molecule has 1 atom stereocenters. The first-order valence-corrected chi connectivity index (χ1v) is 7.43. The van der Waals surface area contributed by atoms with Gasteiger partial charge in [0.05, 0.1) is 12.7 Å². The normalized spacial score (nSPS) is 12.3. The van der Waals surface area contributed by atoms with Crippen LogP contribution in [-0.2, 0) is 14.3 Å². The molecule has 2 N–H and O–H groups in total. The number of hydrogen-bond acceptors (Lipinski definition) is 4.